The molecule has 0 aliphatic heterocycles. The van der Waals surface area contributed by atoms with Crippen molar-refractivity contribution in [1.29, 1.82) is 5.26 Å². The van der Waals surface area contributed by atoms with Gasteiger partial charge in [-0.1, -0.05) is 41.4 Å². The van der Waals surface area contributed by atoms with Crippen LogP contribution in [-0.2, 0) is 11.0 Å². The number of aryl methyl sites for hydroxylation is 1. The number of halogens is 4. The fourth-order valence-corrected chi connectivity index (χ4v) is 3.54. The van der Waals surface area contributed by atoms with Crippen LogP contribution < -0.4 is 9.47 Å². The van der Waals surface area contributed by atoms with Crippen molar-refractivity contribution in [2.45, 2.75) is 32.0 Å². The van der Waals surface area contributed by atoms with Gasteiger partial charge in [-0.05, 0) is 43.7 Å². The minimum absolute atomic E-state index is 0.0348. The van der Waals surface area contributed by atoms with E-state index in [0.29, 0.717) is 11.6 Å². The molecule has 0 fully saturated rings. The summed E-state index contributed by atoms with van der Waals surface area (Å²) in [6, 6.07) is 14.6. The van der Waals surface area contributed by atoms with Gasteiger partial charge < -0.3 is 9.47 Å². The number of ketones is 1. The van der Waals surface area contributed by atoms with E-state index in [4.69, 9.17) is 21.1 Å². The molecule has 0 amide bonds. The fraction of sp³-hybridized carbons (Fsp3) is 0.200. The first kappa shape index (κ1) is 26.5. The van der Waals surface area contributed by atoms with Crippen molar-refractivity contribution in [2.24, 2.45) is 0 Å². The first-order valence-electron chi connectivity index (χ1n) is 10.4. The zero-order valence-corrected chi connectivity index (χ0v) is 19.6. The number of carbonyl (C=O) groups is 1. The molecule has 0 bridgehead atoms. The van der Waals surface area contributed by atoms with Gasteiger partial charge in [0.15, 0.2) is 11.9 Å². The molecule has 2 unspecified atom stereocenters. The summed E-state index contributed by atoms with van der Waals surface area (Å²) in [7, 11) is 0. The Morgan fingerprint density at radius 3 is 2.42 bits per heavy atom. The van der Waals surface area contributed by atoms with Crippen molar-refractivity contribution in [3.63, 3.8) is 0 Å². The molecule has 186 valence electrons. The summed E-state index contributed by atoms with van der Waals surface area (Å²) in [6.45, 7) is 3.16. The summed E-state index contributed by atoms with van der Waals surface area (Å²) in [5.74, 6) is -2.27. The molecule has 7 nitrogen and oxygen atoms in total. The molecule has 3 aromatic carbocycles. The van der Waals surface area contributed by atoms with E-state index in [-0.39, 0.29) is 22.3 Å². The number of alkyl halides is 3. The molecule has 0 aliphatic carbocycles. The first-order valence-corrected chi connectivity index (χ1v) is 10.8. The predicted octanol–water partition coefficient (Wildman–Crippen LogP) is 7.01. The van der Waals surface area contributed by atoms with E-state index < -0.39 is 40.2 Å². The average Bonchev–Trinajstić information content (AvgIpc) is 2.80. The quantitative estimate of drug-likeness (QED) is 0.235. The lowest BCUT2D eigenvalue weighted by Gasteiger charge is -2.18. The molecule has 0 saturated heterocycles. The van der Waals surface area contributed by atoms with Crippen molar-refractivity contribution in [3.05, 3.63) is 92.5 Å². The van der Waals surface area contributed by atoms with Gasteiger partial charge in [0.1, 0.15) is 17.4 Å². The lowest BCUT2D eigenvalue weighted by molar-refractivity contribution is -0.386. The van der Waals surface area contributed by atoms with E-state index in [1.807, 2.05) is 6.07 Å². The van der Waals surface area contributed by atoms with Gasteiger partial charge in [-0.3, -0.25) is 14.9 Å². The van der Waals surface area contributed by atoms with E-state index in [0.717, 1.165) is 29.8 Å². The third-order valence-electron chi connectivity index (χ3n) is 5.11. The second kappa shape index (κ2) is 10.7. The van der Waals surface area contributed by atoms with Gasteiger partial charge >= 0.3 is 11.9 Å². The number of hydrogen-bond acceptors (Lipinski definition) is 6. The molecule has 0 aliphatic rings. The monoisotopic (exact) mass is 518 g/mol. The molecule has 36 heavy (non-hydrogen) atoms. The maximum atomic E-state index is 12.9. The molecule has 0 spiro atoms. The van der Waals surface area contributed by atoms with Crippen LogP contribution in [0.15, 0.2) is 60.7 Å². The van der Waals surface area contributed by atoms with Crippen LogP contribution in [0.2, 0.25) is 5.02 Å². The number of benzene rings is 3. The largest absolute Gasteiger partial charge is 0.476 e. The van der Waals surface area contributed by atoms with Crippen LogP contribution in [0.1, 0.15) is 29.5 Å². The molecule has 0 aromatic heterocycles. The Hall–Kier alpha value is -4.10. The van der Waals surface area contributed by atoms with Gasteiger partial charge in [-0.25, -0.2) is 0 Å². The third-order valence-corrected chi connectivity index (χ3v) is 5.40. The van der Waals surface area contributed by atoms with Crippen LogP contribution in [0.3, 0.4) is 0 Å². The summed E-state index contributed by atoms with van der Waals surface area (Å²) >= 11 is 5.91. The van der Waals surface area contributed by atoms with Crippen molar-refractivity contribution in [1.82, 2.24) is 0 Å². The molecule has 0 heterocycles. The van der Waals surface area contributed by atoms with Gasteiger partial charge in [0.2, 0.25) is 5.75 Å². The number of Topliss-reactive ketones (excluding diaryl/α,β-unsaturated/α-hetero) is 1. The van der Waals surface area contributed by atoms with Crippen molar-refractivity contribution >= 4 is 23.1 Å². The number of nitriles is 1. The summed E-state index contributed by atoms with van der Waals surface area (Å²) in [5.41, 5.74) is -0.150. The van der Waals surface area contributed by atoms with Gasteiger partial charge in [0, 0.05) is 12.1 Å². The summed E-state index contributed by atoms with van der Waals surface area (Å²) in [6.07, 6.45) is -5.85. The van der Waals surface area contributed by atoms with Crippen LogP contribution in [0.5, 0.6) is 17.2 Å². The molecule has 0 radical (unpaired) electrons. The standard InChI is InChI=1S/C25H18ClF3N2O5/c1-14-4-3-5-16(10-14)19(13-30)24(32)15(2)35-23-12-18(7-8-21(23)31(33)34)36-22-9-6-17(11-20(22)26)25(27,28)29/h3-12,15,19H,1-2H3. The second-order valence-corrected chi connectivity index (χ2v) is 8.18. The Kier molecular flexibility index (Phi) is 7.85. The van der Waals surface area contributed by atoms with Crippen LogP contribution in [0, 0.1) is 28.4 Å². The number of ether oxygens (including phenoxy) is 2. The predicted molar refractivity (Wildman–Crippen MR) is 124 cm³/mol. The van der Waals surface area contributed by atoms with E-state index in [2.05, 4.69) is 0 Å². The minimum atomic E-state index is -4.60. The average molecular weight is 519 g/mol. The Morgan fingerprint density at radius 2 is 1.83 bits per heavy atom. The number of nitrogens with zero attached hydrogens (tertiary/aromatic N) is 2. The Labute approximate surface area is 208 Å². The number of carbonyl (C=O) groups excluding carboxylic acids is 1. The first-order chi connectivity index (χ1) is 16.9. The SMILES string of the molecule is Cc1cccc(C(C#N)C(=O)C(C)Oc2cc(Oc3ccc(C(F)(F)F)cc3Cl)ccc2[N+](=O)[O-])c1. The number of nitro groups is 1. The zero-order chi connectivity index (χ0) is 26.6. The molecule has 3 aromatic rings. The Bertz CT molecular complexity index is 1350. The Morgan fingerprint density at radius 1 is 1.11 bits per heavy atom. The lowest BCUT2D eigenvalue weighted by atomic mass is 9.92. The molecule has 11 heteroatoms. The van der Waals surface area contributed by atoms with E-state index >= 15 is 0 Å². The van der Waals surface area contributed by atoms with Gasteiger partial charge in [0.05, 0.1) is 21.6 Å². The highest BCUT2D eigenvalue weighted by Crippen LogP contribution is 2.39. The maximum absolute atomic E-state index is 12.9. The molecule has 3 rings (SSSR count). The maximum Gasteiger partial charge on any atom is 0.416 e. The number of rotatable bonds is 8. The van der Waals surface area contributed by atoms with Crippen molar-refractivity contribution in [3.8, 4) is 23.3 Å². The van der Waals surface area contributed by atoms with Crippen molar-refractivity contribution < 1.29 is 32.4 Å². The minimum Gasteiger partial charge on any atom is -0.476 e. The van der Waals surface area contributed by atoms with Crippen LogP contribution in [0.4, 0.5) is 18.9 Å². The van der Waals surface area contributed by atoms with Crippen LogP contribution in [-0.4, -0.2) is 16.8 Å². The van der Waals surface area contributed by atoms with Gasteiger partial charge in [0.25, 0.3) is 0 Å². The third kappa shape index (κ3) is 6.12. The Balaban J connectivity index is 1.87. The molecule has 2 atom stereocenters. The van der Waals surface area contributed by atoms with E-state index in [1.54, 1.807) is 31.2 Å². The number of hydrogen-bond donors (Lipinski definition) is 0. The topological polar surface area (TPSA) is 102 Å². The normalized spacial score (nSPS) is 12.8. The fourth-order valence-electron chi connectivity index (χ4n) is 3.33. The second-order valence-electron chi connectivity index (χ2n) is 7.77. The molecular formula is C25H18ClF3N2O5. The lowest BCUT2D eigenvalue weighted by Crippen LogP contribution is -2.29. The highest BCUT2D eigenvalue weighted by atomic mass is 35.5. The molecule has 0 N–H and O–H groups in total. The highest BCUT2D eigenvalue weighted by Gasteiger charge is 2.31. The van der Waals surface area contributed by atoms with E-state index in [1.165, 1.54) is 13.0 Å². The molecular weight excluding hydrogens is 501 g/mol. The van der Waals surface area contributed by atoms with Crippen LogP contribution >= 0.6 is 11.6 Å². The summed E-state index contributed by atoms with van der Waals surface area (Å²) < 4.78 is 49.7. The zero-order valence-electron chi connectivity index (χ0n) is 18.9. The van der Waals surface area contributed by atoms with Crippen molar-refractivity contribution in [2.75, 3.05) is 0 Å². The van der Waals surface area contributed by atoms with Gasteiger partial charge in [-0.2, -0.15) is 18.4 Å². The molecule has 0 saturated carbocycles. The summed E-state index contributed by atoms with van der Waals surface area (Å²) in [4.78, 5) is 23.7. The van der Waals surface area contributed by atoms with Gasteiger partial charge in [-0.15, -0.1) is 0 Å². The number of nitro benzene ring substituents is 1. The smallest absolute Gasteiger partial charge is 0.416 e. The summed E-state index contributed by atoms with van der Waals surface area (Å²) in [5, 5.41) is 20.7. The van der Waals surface area contributed by atoms with Crippen LogP contribution in [0.25, 0.3) is 0 Å². The highest BCUT2D eigenvalue weighted by molar-refractivity contribution is 6.32. The van der Waals surface area contributed by atoms with E-state index in [9.17, 15) is 33.3 Å².